The van der Waals surface area contributed by atoms with Gasteiger partial charge in [0.2, 0.25) is 0 Å². The molecule has 0 spiro atoms. The quantitative estimate of drug-likeness (QED) is 0.600. The molecule has 0 aliphatic carbocycles. The Kier molecular flexibility index (Phi) is 3.66. The van der Waals surface area contributed by atoms with Crippen LogP contribution < -0.4 is 0 Å². The summed E-state index contributed by atoms with van der Waals surface area (Å²) in [6.45, 7) is 7.77. The Labute approximate surface area is 63.8 Å². The third-order valence-electron chi connectivity index (χ3n) is 1.77. The fourth-order valence-electron chi connectivity index (χ4n) is 0.576. The van der Waals surface area contributed by atoms with E-state index in [2.05, 4.69) is 19.1 Å². The summed E-state index contributed by atoms with van der Waals surface area (Å²) in [6, 6.07) is 0. The first kappa shape index (κ1) is 9.70. The Bertz CT molecular complexity index is 108. The minimum absolute atomic E-state index is 0.243. The molecule has 0 aromatic carbocycles. The molecule has 0 amide bonds. The molecule has 0 unspecified atom stereocenters. The summed E-state index contributed by atoms with van der Waals surface area (Å²) < 4.78 is 0. The van der Waals surface area contributed by atoms with Crippen LogP contribution in [0.4, 0.5) is 0 Å². The summed E-state index contributed by atoms with van der Waals surface area (Å²) in [5, 5.41) is 9.46. The molecule has 1 N–H and O–H groups in total. The normalized spacial score (nSPS) is 16.1. The van der Waals surface area contributed by atoms with Crippen LogP contribution in [0.5, 0.6) is 0 Å². The predicted molar refractivity (Wildman–Crippen MR) is 44.9 cm³/mol. The minimum Gasteiger partial charge on any atom is -0.390 e. The van der Waals surface area contributed by atoms with Crippen molar-refractivity contribution in [2.45, 2.75) is 39.7 Å². The average Bonchev–Trinajstić information content (AvgIpc) is 1.80. The van der Waals surface area contributed by atoms with Gasteiger partial charge in [-0.2, -0.15) is 0 Å². The van der Waals surface area contributed by atoms with Gasteiger partial charge in [0.25, 0.3) is 0 Å². The van der Waals surface area contributed by atoms with Gasteiger partial charge in [0.05, 0.1) is 5.60 Å². The first-order chi connectivity index (χ1) is 4.48. The maximum Gasteiger partial charge on any atom is 0.0651 e. The molecule has 0 aliphatic heterocycles. The third kappa shape index (κ3) is 3.67. The number of rotatable bonds is 3. The Morgan fingerprint density at radius 2 is 2.00 bits per heavy atom. The molecule has 10 heavy (non-hydrogen) atoms. The maximum atomic E-state index is 9.46. The van der Waals surface area contributed by atoms with Gasteiger partial charge in [-0.3, -0.25) is 0 Å². The van der Waals surface area contributed by atoms with E-state index in [1.165, 1.54) is 0 Å². The molecule has 1 heteroatoms. The van der Waals surface area contributed by atoms with E-state index in [1.54, 1.807) is 0 Å². The van der Waals surface area contributed by atoms with Gasteiger partial charge in [0.1, 0.15) is 0 Å². The van der Waals surface area contributed by atoms with Gasteiger partial charge in [-0.15, -0.1) is 0 Å². The molecule has 1 nitrogen and oxygen atoms in total. The summed E-state index contributed by atoms with van der Waals surface area (Å²) >= 11 is 0. The number of allylic oxidation sites excluding steroid dienone is 1. The predicted octanol–water partition coefficient (Wildman–Crippen LogP) is 2.36. The Morgan fingerprint density at radius 1 is 1.50 bits per heavy atom. The van der Waals surface area contributed by atoms with Gasteiger partial charge >= 0.3 is 0 Å². The van der Waals surface area contributed by atoms with Crippen molar-refractivity contribution < 1.29 is 5.11 Å². The Morgan fingerprint density at radius 3 is 2.30 bits per heavy atom. The number of hydrogen-bond donors (Lipinski definition) is 1. The molecule has 0 radical (unpaired) electrons. The van der Waals surface area contributed by atoms with E-state index in [0.717, 1.165) is 6.42 Å². The lowest BCUT2D eigenvalue weighted by Crippen LogP contribution is -2.26. The van der Waals surface area contributed by atoms with Gasteiger partial charge in [0, 0.05) is 5.92 Å². The van der Waals surface area contributed by atoms with Crippen LogP contribution in [0, 0.1) is 5.92 Å². The molecule has 0 aliphatic rings. The monoisotopic (exact) mass is 142 g/mol. The lowest BCUT2D eigenvalue weighted by Gasteiger charge is -2.22. The first-order valence-corrected chi connectivity index (χ1v) is 3.87. The molecule has 0 heterocycles. The summed E-state index contributed by atoms with van der Waals surface area (Å²) in [7, 11) is 0. The second kappa shape index (κ2) is 3.77. The lowest BCUT2D eigenvalue weighted by molar-refractivity contribution is 0.0440. The highest BCUT2D eigenvalue weighted by atomic mass is 16.3. The van der Waals surface area contributed by atoms with E-state index < -0.39 is 5.60 Å². The van der Waals surface area contributed by atoms with Crippen molar-refractivity contribution in [1.82, 2.24) is 0 Å². The molecular formula is C9H18O. The zero-order chi connectivity index (χ0) is 8.20. The number of aliphatic hydroxyl groups is 1. The van der Waals surface area contributed by atoms with Crippen molar-refractivity contribution in [3.63, 3.8) is 0 Å². The molecule has 0 fully saturated rings. The van der Waals surface area contributed by atoms with E-state index in [0.29, 0.717) is 0 Å². The van der Waals surface area contributed by atoms with Crippen molar-refractivity contribution in [2.24, 2.45) is 5.92 Å². The first-order valence-electron chi connectivity index (χ1n) is 3.87. The third-order valence-corrected chi connectivity index (χ3v) is 1.77. The van der Waals surface area contributed by atoms with Gasteiger partial charge < -0.3 is 5.11 Å². The van der Waals surface area contributed by atoms with Crippen molar-refractivity contribution in [3.8, 4) is 0 Å². The summed E-state index contributed by atoms with van der Waals surface area (Å²) in [4.78, 5) is 0. The zero-order valence-corrected chi connectivity index (χ0v) is 7.39. The number of hydrogen-bond acceptors (Lipinski definition) is 1. The summed E-state index contributed by atoms with van der Waals surface area (Å²) in [5.41, 5.74) is -0.578. The fourth-order valence-corrected chi connectivity index (χ4v) is 0.576. The SMILES string of the molecule is CC/C=C/[C@H](C)C(C)(C)O. The summed E-state index contributed by atoms with van der Waals surface area (Å²) in [6.07, 6.45) is 5.18. The molecule has 0 bridgehead atoms. The standard InChI is InChI=1S/C9H18O/c1-5-6-7-8(2)9(3,4)10/h6-8,10H,5H2,1-4H3/b7-6+/t8-/m0/s1. The van der Waals surface area contributed by atoms with Crippen LogP contribution in [0.25, 0.3) is 0 Å². The van der Waals surface area contributed by atoms with Crippen LogP contribution in [0.3, 0.4) is 0 Å². The zero-order valence-electron chi connectivity index (χ0n) is 7.39. The smallest absolute Gasteiger partial charge is 0.0651 e. The largest absolute Gasteiger partial charge is 0.390 e. The van der Waals surface area contributed by atoms with Crippen LogP contribution in [-0.4, -0.2) is 10.7 Å². The molecule has 0 saturated carbocycles. The highest BCUT2D eigenvalue weighted by Gasteiger charge is 2.18. The molecule has 0 aromatic heterocycles. The molecule has 1 atom stereocenters. The molecule has 0 rings (SSSR count). The van der Waals surface area contributed by atoms with Gasteiger partial charge in [0.15, 0.2) is 0 Å². The molecule has 0 aromatic rings. The summed E-state index contributed by atoms with van der Waals surface area (Å²) in [5.74, 6) is 0.243. The van der Waals surface area contributed by atoms with E-state index >= 15 is 0 Å². The molecule has 0 saturated heterocycles. The second-order valence-electron chi connectivity index (χ2n) is 3.28. The van der Waals surface area contributed by atoms with Crippen LogP contribution in [-0.2, 0) is 0 Å². The van der Waals surface area contributed by atoms with Crippen molar-refractivity contribution in [3.05, 3.63) is 12.2 Å². The fraction of sp³-hybridized carbons (Fsp3) is 0.778. The van der Waals surface area contributed by atoms with Crippen molar-refractivity contribution in [2.75, 3.05) is 0 Å². The van der Waals surface area contributed by atoms with Gasteiger partial charge in [-0.1, -0.05) is 26.0 Å². The topological polar surface area (TPSA) is 20.2 Å². The Hall–Kier alpha value is -0.300. The van der Waals surface area contributed by atoms with E-state index in [9.17, 15) is 5.11 Å². The van der Waals surface area contributed by atoms with E-state index in [4.69, 9.17) is 0 Å². The van der Waals surface area contributed by atoms with E-state index in [1.807, 2.05) is 20.8 Å². The van der Waals surface area contributed by atoms with Crippen LogP contribution in [0.15, 0.2) is 12.2 Å². The molecular weight excluding hydrogens is 124 g/mol. The van der Waals surface area contributed by atoms with Crippen LogP contribution >= 0.6 is 0 Å². The highest BCUT2D eigenvalue weighted by Crippen LogP contribution is 2.16. The van der Waals surface area contributed by atoms with Crippen LogP contribution in [0.2, 0.25) is 0 Å². The average molecular weight is 142 g/mol. The van der Waals surface area contributed by atoms with Crippen LogP contribution in [0.1, 0.15) is 34.1 Å². The maximum absolute atomic E-state index is 9.46. The van der Waals surface area contributed by atoms with Gasteiger partial charge in [-0.05, 0) is 20.3 Å². The highest BCUT2D eigenvalue weighted by molar-refractivity contribution is 4.92. The second-order valence-corrected chi connectivity index (χ2v) is 3.28. The minimum atomic E-state index is -0.578. The van der Waals surface area contributed by atoms with E-state index in [-0.39, 0.29) is 5.92 Å². The Balaban J connectivity index is 3.84. The molecule has 60 valence electrons. The van der Waals surface area contributed by atoms with Crippen molar-refractivity contribution in [1.29, 1.82) is 0 Å². The lowest BCUT2D eigenvalue weighted by atomic mass is 9.92. The van der Waals surface area contributed by atoms with Crippen molar-refractivity contribution >= 4 is 0 Å². The van der Waals surface area contributed by atoms with Gasteiger partial charge in [-0.25, -0.2) is 0 Å².